The summed E-state index contributed by atoms with van der Waals surface area (Å²) in [5.74, 6) is 0. The molecule has 0 saturated heterocycles. The van der Waals surface area contributed by atoms with E-state index in [1.807, 2.05) is 12.4 Å². The van der Waals surface area contributed by atoms with Crippen LogP contribution in [0.1, 0.15) is 40.8 Å². The van der Waals surface area contributed by atoms with Gasteiger partial charge in [-0.1, -0.05) is 42.3 Å². The lowest BCUT2D eigenvalue weighted by molar-refractivity contribution is 0.627. The van der Waals surface area contributed by atoms with E-state index < -0.39 is 0 Å². The van der Waals surface area contributed by atoms with Gasteiger partial charge in [-0.05, 0) is 44.0 Å². The molecule has 1 heterocycles. The van der Waals surface area contributed by atoms with Crippen LogP contribution in [0.5, 0.6) is 0 Å². The highest BCUT2D eigenvalue weighted by atomic mass is 14.9. The molecule has 19 heavy (non-hydrogen) atoms. The van der Waals surface area contributed by atoms with Crippen molar-refractivity contribution in [3.8, 4) is 0 Å². The molecule has 0 aliphatic rings. The van der Waals surface area contributed by atoms with Crippen LogP contribution >= 0.6 is 0 Å². The number of hydrogen-bond donors (Lipinski definition) is 1. The second-order valence-corrected chi connectivity index (χ2v) is 5.21. The molecule has 0 bridgehead atoms. The number of aryl methyl sites for hydroxylation is 3. The Labute approximate surface area is 115 Å². The van der Waals surface area contributed by atoms with Crippen LogP contribution in [0.25, 0.3) is 0 Å². The van der Waals surface area contributed by atoms with E-state index in [4.69, 9.17) is 0 Å². The summed E-state index contributed by atoms with van der Waals surface area (Å²) in [5.41, 5.74) is 6.35. The zero-order chi connectivity index (χ0) is 13.8. The van der Waals surface area contributed by atoms with Gasteiger partial charge in [0.2, 0.25) is 0 Å². The minimum atomic E-state index is 0.219. The summed E-state index contributed by atoms with van der Waals surface area (Å²) in [4.78, 5) is 4.32. The Balaban J connectivity index is 2.44. The minimum Gasteiger partial charge on any atom is -0.306 e. The van der Waals surface area contributed by atoms with Crippen molar-refractivity contribution in [3.05, 3.63) is 64.5 Å². The van der Waals surface area contributed by atoms with Crippen LogP contribution in [0, 0.1) is 20.8 Å². The molecule has 2 heteroatoms. The number of nitrogens with zero attached hydrogens (tertiary/aromatic N) is 1. The molecular formula is C17H22N2. The van der Waals surface area contributed by atoms with Gasteiger partial charge in [0.25, 0.3) is 0 Å². The molecule has 0 fully saturated rings. The highest BCUT2D eigenvalue weighted by Crippen LogP contribution is 2.24. The van der Waals surface area contributed by atoms with Crippen molar-refractivity contribution < 1.29 is 0 Å². The lowest BCUT2D eigenvalue weighted by atomic mass is 9.96. The summed E-state index contributed by atoms with van der Waals surface area (Å²) in [6, 6.07) is 9.14. The normalized spacial score (nSPS) is 12.4. The number of pyridine rings is 1. The van der Waals surface area contributed by atoms with E-state index in [0.717, 1.165) is 6.54 Å². The molecule has 100 valence electrons. The van der Waals surface area contributed by atoms with Crippen molar-refractivity contribution in [2.75, 3.05) is 6.54 Å². The molecule has 1 unspecified atom stereocenters. The van der Waals surface area contributed by atoms with Crippen LogP contribution in [0.3, 0.4) is 0 Å². The van der Waals surface area contributed by atoms with Gasteiger partial charge < -0.3 is 5.32 Å². The Morgan fingerprint density at radius 1 is 0.895 bits per heavy atom. The third kappa shape index (κ3) is 3.42. The first-order chi connectivity index (χ1) is 9.10. The molecule has 1 atom stereocenters. The monoisotopic (exact) mass is 254 g/mol. The van der Waals surface area contributed by atoms with Gasteiger partial charge in [0.1, 0.15) is 0 Å². The number of benzene rings is 1. The van der Waals surface area contributed by atoms with Crippen LogP contribution in [0.2, 0.25) is 0 Å². The van der Waals surface area contributed by atoms with E-state index in [2.05, 4.69) is 62.3 Å². The molecule has 1 N–H and O–H groups in total. The Bertz CT molecular complexity index is 541. The first-order valence-electron chi connectivity index (χ1n) is 6.83. The Hall–Kier alpha value is -1.67. The Morgan fingerprint density at radius 2 is 1.53 bits per heavy atom. The lowest BCUT2D eigenvalue weighted by Gasteiger charge is -2.20. The average molecular weight is 254 g/mol. The van der Waals surface area contributed by atoms with Crippen molar-refractivity contribution in [2.24, 2.45) is 0 Å². The number of hydrogen-bond acceptors (Lipinski definition) is 2. The van der Waals surface area contributed by atoms with E-state index in [1.165, 1.54) is 27.8 Å². The summed E-state index contributed by atoms with van der Waals surface area (Å²) in [5, 5.41) is 3.56. The van der Waals surface area contributed by atoms with Crippen LogP contribution in [-0.2, 0) is 0 Å². The first kappa shape index (κ1) is 13.8. The molecule has 2 rings (SSSR count). The smallest absolute Gasteiger partial charge is 0.0592 e. The quantitative estimate of drug-likeness (QED) is 0.899. The van der Waals surface area contributed by atoms with Crippen molar-refractivity contribution in [1.82, 2.24) is 10.3 Å². The molecule has 1 aromatic heterocycles. The third-order valence-corrected chi connectivity index (χ3v) is 3.22. The van der Waals surface area contributed by atoms with Crippen molar-refractivity contribution in [1.29, 1.82) is 0 Å². The second kappa shape index (κ2) is 5.98. The van der Waals surface area contributed by atoms with Crippen LogP contribution in [0.15, 0.2) is 36.7 Å². The van der Waals surface area contributed by atoms with Gasteiger partial charge in [0, 0.05) is 12.4 Å². The minimum absolute atomic E-state index is 0.219. The highest BCUT2D eigenvalue weighted by Gasteiger charge is 2.14. The van der Waals surface area contributed by atoms with Gasteiger partial charge in [-0.2, -0.15) is 0 Å². The predicted octanol–water partition coefficient (Wildman–Crippen LogP) is 3.71. The third-order valence-electron chi connectivity index (χ3n) is 3.22. The van der Waals surface area contributed by atoms with Crippen molar-refractivity contribution in [3.63, 3.8) is 0 Å². The maximum absolute atomic E-state index is 4.32. The fourth-order valence-electron chi connectivity index (χ4n) is 2.55. The molecule has 0 saturated carbocycles. The lowest BCUT2D eigenvalue weighted by Crippen LogP contribution is -2.22. The maximum atomic E-state index is 4.32. The van der Waals surface area contributed by atoms with Crippen molar-refractivity contribution >= 4 is 0 Å². The van der Waals surface area contributed by atoms with Crippen molar-refractivity contribution in [2.45, 2.75) is 33.7 Å². The van der Waals surface area contributed by atoms with Gasteiger partial charge in [-0.25, -0.2) is 0 Å². The summed E-state index contributed by atoms with van der Waals surface area (Å²) in [6.07, 6.45) is 3.85. The fourth-order valence-corrected chi connectivity index (χ4v) is 2.55. The SMILES string of the molecule is CCNC(c1cncc(C)c1)c1cc(C)cc(C)c1. The molecule has 0 spiro atoms. The van der Waals surface area contributed by atoms with Gasteiger partial charge in [-0.15, -0.1) is 0 Å². The Kier molecular flexibility index (Phi) is 4.33. The van der Waals surface area contributed by atoms with E-state index >= 15 is 0 Å². The largest absolute Gasteiger partial charge is 0.306 e. The number of nitrogens with one attached hydrogen (secondary N) is 1. The molecular weight excluding hydrogens is 232 g/mol. The molecule has 0 aliphatic heterocycles. The van der Waals surface area contributed by atoms with E-state index in [-0.39, 0.29) is 6.04 Å². The summed E-state index contributed by atoms with van der Waals surface area (Å²) in [6.45, 7) is 9.45. The van der Waals surface area contributed by atoms with Crippen LogP contribution in [0.4, 0.5) is 0 Å². The standard InChI is InChI=1S/C17H22N2/c1-5-19-17(16-9-14(4)10-18-11-16)15-7-12(2)6-13(3)8-15/h6-11,17,19H,5H2,1-4H3. The zero-order valence-electron chi connectivity index (χ0n) is 12.2. The molecule has 0 aliphatic carbocycles. The summed E-state index contributed by atoms with van der Waals surface area (Å²) in [7, 11) is 0. The zero-order valence-corrected chi connectivity index (χ0v) is 12.2. The average Bonchev–Trinajstić information content (AvgIpc) is 2.34. The van der Waals surface area contributed by atoms with E-state index in [1.54, 1.807) is 0 Å². The molecule has 2 aromatic rings. The Morgan fingerprint density at radius 3 is 2.11 bits per heavy atom. The summed E-state index contributed by atoms with van der Waals surface area (Å²) >= 11 is 0. The van der Waals surface area contributed by atoms with E-state index in [9.17, 15) is 0 Å². The van der Waals surface area contributed by atoms with Gasteiger partial charge in [0.15, 0.2) is 0 Å². The highest BCUT2D eigenvalue weighted by molar-refractivity contribution is 5.36. The molecule has 0 amide bonds. The van der Waals surface area contributed by atoms with Crippen LogP contribution < -0.4 is 5.32 Å². The maximum Gasteiger partial charge on any atom is 0.0592 e. The summed E-state index contributed by atoms with van der Waals surface area (Å²) < 4.78 is 0. The topological polar surface area (TPSA) is 24.9 Å². The number of aromatic nitrogens is 1. The predicted molar refractivity (Wildman–Crippen MR) is 80.4 cm³/mol. The molecule has 1 aromatic carbocycles. The molecule has 0 radical (unpaired) electrons. The van der Waals surface area contributed by atoms with Gasteiger partial charge >= 0.3 is 0 Å². The van der Waals surface area contributed by atoms with Crippen LogP contribution in [-0.4, -0.2) is 11.5 Å². The van der Waals surface area contributed by atoms with Gasteiger partial charge in [-0.3, -0.25) is 4.98 Å². The second-order valence-electron chi connectivity index (χ2n) is 5.21. The van der Waals surface area contributed by atoms with E-state index in [0.29, 0.717) is 0 Å². The molecule has 2 nitrogen and oxygen atoms in total. The number of rotatable bonds is 4. The first-order valence-corrected chi connectivity index (χ1v) is 6.83. The fraction of sp³-hybridized carbons (Fsp3) is 0.353. The van der Waals surface area contributed by atoms with Gasteiger partial charge in [0.05, 0.1) is 6.04 Å².